The SMILES string of the molecule is O=C(CNc1ccc(F)cc1[N+](=O)[O-])NCc1ccccc1. The number of hydrogen-bond acceptors (Lipinski definition) is 4. The average molecular weight is 303 g/mol. The summed E-state index contributed by atoms with van der Waals surface area (Å²) >= 11 is 0. The lowest BCUT2D eigenvalue weighted by atomic mass is 10.2. The fourth-order valence-electron chi connectivity index (χ4n) is 1.84. The molecule has 0 aromatic heterocycles. The summed E-state index contributed by atoms with van der Waals surface area (Å²) in [6.07, 6.45) is 0. The number of benzene rings is 2. The fraction of sp³-hybridized carbons (Fsp3) is 0.133. The second kappa shape index (κ2) is 7.16. The van der Waals surface area contributed by atoms with E-state index < -0.39 is 16.4 Å². The van der Waals surface area contributed by atoms with Crippen LogP contribution in [-0.4, -0.2) is 17.4 Å². The van der Waals surface area contributed by atoms with Gasteiger partial charge < -0.3 is 10.6 Å². The van der Waals surface area contributed by atoms with E-state index in [0.29, 0.717) is 6.54 Å². The van der Waals surface area contributed by atoms with Gasteiger partial charge in [-0.1, -0.05) is 30.3 Å². The third-order valence-electron chi connectivity index (χ3n) is 2.93. The van der Waals surface area contributed by atoms with Crippen LogP contribution in [0.25, 0.3) is 0 Å². The predicted octanol–water partition coefficient (Wildman–Crippen LogP) is 2.46. The zero-order valence-corrected chi connectivity index (χ0v) is 11.6. The molecular weight excluding hydrogens is 289 g/mol. The summed E-state index contributed by atoms with van der Waals surface area (Å²) in [5.74, 6) is -1.02. The Bertz CT molecular complexity index is 677. The van der Waals surface area contributed by atoms with Crippen LogP contribution in [0.4, 0.5) is 15.8 Å². The highest BCUT2D eigenvalue weighted by Crippen LogP contribution is 2.24. The first-order chi connectivity index (χ1) is 10.6. The molecule has 0 aliphatic carbocycles. The van der Waals surface area contributed by atoms with Gasteiger partial charge in [-0.15, -0.1) is 0 Å². The molecule has 22 heavy (non-hydrogen) atoms. The number of hydrogen-bond donors (Lipinski definition) is 2. The third kappa shape index (κ3) is 4.27. The zero-order valence-electron chi connectivity index (χ0n) is 11.6. The number of amides is 1. The number of nitrogens with one attached hydrogen (secondary N) is 2. The van der Waals surface area contributed by atoms with Crippen molar-refractivity contribution in [2.75, 3.05) is 11.9 Å². The molecule has 0 spiro atoms. The number of carbonyl (C=O) groups excluding carboxylic acids is 1. The van der Waals surface area contributed by atoms with Gasteiger partial charge in [-0.2, -0.15) is 0 Å². The first-order valence-electron chi connectivity index (χ1n) is 6.54. The molecule has 2 N–H and O–H groups in total. The highest BCUT2D eigenvalue weighted by atomic mass is 19.1. The Morgan fingerprint density at radius 2 is 1.91 bits per heavy atom. The molecular formula is C15H14FN3O3. The molecule has 0 bridgehead atoms. The van der Waals surface area contributed by atoms with Gasteiger partial charge in [0.15, 0.2) is 0 Å². The summed E-state index contributed by atoms with van der Waals surface area (Å²) in [5, 5.41) is 16.1. The van der Waals surface area contributed by atoms with E-state index in [-0.39, 0.29) is 18.1 Å². The summed E-state index contributed by atoms with van der Waals surface area (Å²) in [7, 11) is 0. The molecule has 0 aliphatic heterocycles. The Morgan fingerprint density at radius 3 is 2.59 bits per heavy atom. The predicted molar refractivity (Wildman–Crippen MR) is 79.8 cm³/mol. The molecule has 0 atom stereocenters. The van der Waals surface area contributed by atoms with E-state index in [0.717, 1.165) is 17.7 Å². The lowest BCUT2D eigenvalue weighted by molar-refractivity contribution is -0.384. The van der Waals surface area contributed by atoms with Gasteiger partial charge in [-0.25, -0.2) is 4.39 Å². The van der Waals surface area contributed by atoms with Gasteiger partial charge in [0.25, 0.3) is 5.69 Å². The Morgan fingerprint density at radius 1 is 1.18 bits per heavy atom. The monoisotopic (exact) mass is 303 g/mol. The molecule has 0 unspecified atom stereocenters. The number of nitro benzene ring substituents is 1. The van der Waals surface area contributed by atoms with Crippen LogP contribution in [0.3, 0.4) is 0 Å². The molecule has 0 saturated carbocycles. The van der Waals surface area contributed by atoms with Crippen LogP contribution in [0.1, 0.15) is 5.56 Å². The van der Waals surface area contributed by atoms with Crippen LogP contribution in [0.15, 0.2) is 48.5 Å². The minimum absolute atomic E-state index is 0.0984. The molecule has 0 aliphatic rings. The standard InChI is InChI=1S/C15H14FN3O3/c16-12-6-7-13(14(8-12)19(21)22)17-10-15(20)18-9-11-4-2-1-3-5-11/h1-8,17H,9-10H2,(H,18,20). The second-order valence-corrected chi connectivity index (χ2v) is 4.53. The van der Waals surface area contributed by atoms with E-state index in [1.165, 1.54) is 6.07 Å². The third-order valence-corrected chi connectivity index (χ3v) is 2.93. The van der Waals surface area contributed by atoms with Crippen molar-refractivity contribution in [3.8, 4) is 0 Å². The molecule has 0 heterocycles. The van der Waals surface area contributed by atoms with E-state index >= 15 is 0 Å². The highest BCUT2D eigenvalue weighted by molar-refractivity contribution is 5.81. The number of nitrogens with zero attached hydrogens (tertiary/aromatic N) is 1. The minimum Gasteiger partial charge on any atom is -0.371 e. The molecule has 7 heteroatoms. The smallest absolute Gasteiger partial charge is 0.295 e. The Hall–Kier alpha value is -2.96. The summed E-state index contributed by atoms with van der Waals surface area (Å²) < 4.78 is 13.0. The molecule has 2 aromatic carbocycles. The van der Waals surface area contributed by atoms with Crippen LogP contribution in [0, 0.1) is 15.9 Å². The van der Waals surface area contributed by atoms with Crippen molar-refractivity contribution in [2.24, 2.45) is 0 Å². The van der Waals surface area contributed by atoms with Gasteiger partial charge in [0, 0.05) is 6.54 Å². The first-order valence-corrected chi connectivity index (χ1v) is 6.54. The Balaban J connectivity index is 1.90. The van der Waals surface area contributed by atoms with Crippen LogP contribution in [0.5, 0.6) is 0 Å². The van der Waals surface area contributed by atoms with Crippen LogP contribution in [-0.2, 0) is 11.3 Å². The minimum atomic E-state index is -0.703. The quantitative estimate of drug-likeness (QED) is 0.634. The van der Waals surface area contributed by atoms with E-state index in [4.69, 9.17) is 0 Å². The van der Waals surface area contributed by atoms with Crippen molar-refractivity contribution >= 4 is 17.3 Å². The van der Waals surface area contributed by atoms with Gasteiger partial charge in [0.1, 0.15) is 11.5 Å². The van der Waals surface area contributed by atoms with E-state index in [1.807, 2.05) is 30.3 Å². The molecule has 6 nitrogen and oxygen atoms in total. The maximum atomic E-state index is 13.0. The topological polar surface area (TPSA) is 84.3 Å². The molecule has 0 fully saturated rings. The largest absolute Gasteiger partial charge is 0.371 e. The number of carbonyl (C=O) groups is 1. The number of halogens is 1. The summed E-state index contributed by atoms with van der Waals surface area (Å²) in [6, 6.07) is 12.5. The lowest BCUT2D eigenvalue weighted by Crippen LogP contribution is -2.29. The maximum Gasteiger partial charge on any atom is 0.295 e. The van der Waals surface area contributed by atoms with Gasteiger partial charge in [-0.05, 0) is 17.7 Å². The number of rotatable bonds is 6. The molecule has 2 aromatic rings. The van der Waals surface area contributed by atoms with Crippen molar-refractivity contribution in [1.82, 2.24) is 5.32 Å². The Kier molecular flexibility index (Phi) is 5.02. The fourth-order valence-corrected chi connectivity index (χ4v) is 1.84. The zero-order chi connectivity index (χ0) is 15.9. The first kappa shape index (κ1) is 15.4. The molecule has 114 valence electrons. The van der Waals surface area contributed by atoms with Crippen LogP contribution in [0.2, 0.25) is 0 Å². The van der Waals surface area contributed by atoms with Crippen molar-refractivity contribution in [2.45, 2.75) is 6.54 Å². The van der Waals surface area contributed by atoms with Crippen molar-refractivity contribution in [1.29, 1.82) is 0 Å². The van der Waals surface area contributed by atoms with Crippen LogP contribution < -0.4 is 10.6 Å². The second-order valence-electron chi connectivity index (χ2n) is 4.53. The Labute approximate surface area is 126 Å². The maximum absolute atomic E-state index is 13.0. The van der Waals surface area contributed by atoms with Gasteiger partial charge in [-0.3, -0.25) is 14.9 Å². The van der Waals surface area contributed by atoms with Gasteiger partial charge in [0.2, 0.25) is 5.91 Å². The van der Waals surface area contributed by atoms with E-state index in [1.54, 1.807) is 0 Å². The average Bonchev–Trinajstić information content (AvgIpc) is 2.52. The lowest BCUT2D eigenvalue weighted by Gasteiger charge is -2.08. The molecule has 1 amide bonds. The highest BCUT2D eigenvalue weighted by Gasteiger charge is 2.15. The van der Waals surface area contributed by atoms with E-state index in [9.17, 15) is 19.3 Å². The summed E-state index contributed by atoms with van der Waals surface area (Å²) in [5.41, 5.74) is 0.640. The van der Waals surface area contributed by atoms with Crippen molar-refractivity contribution < 1.29 is 14.1 Å². The number of anilines is 1. The van der Waals surface area contributed by atoms with Crippen molar-refractivity contribution in [3.63, 3.8) is 0 Å². The molecule has 0 radical (unpaired) electrons. The van der Waals surface area contributed by atoms with Gasteiger partial charge in [0.05, 0.1) is 17.5 Å². The summed E-state index contributed by atoms with van der Waals surface area (Å²) in [4.78, 5) is 21.8. The van der Waals surface area contributed by atoms with Gasteiger partial charge >= 0.3 is 0 Å². The molecule has 0 saturated heterocycles. The van der Waals surface area contributed by atoms with Crippen LogP contribution >= 0.6 is 0 Å². The summed E-state index contributed by atoms with van der Waals surface area (Å²) in [6.45, 7) is 0.228. The van der Waals surface area contributed by atoms with Crippen molar-refractivity contribution in [3.05, 3.63) is 70.0 Å². The normalized spacial score (nSPS) is 10.0. The molecule has 2 rings (SSSR count). The van der Waals surface area contributed by atoms with E-state index in [2.05, 4.69) is 10.6 Å². The number of nitro groups is 1.